The van der Waals surface area contributed by atoms with Gasteiger partial charge in [0.2, 0.25) is 0 Å². The Bertz CT molecular complexity index is 5450. The van der Waals surface area contributed by atoms with Crippen LogP contribution in [0.4, 0.5) is 8.78 Å². The van der Waals surface area contributed by atoms with Gasteiger partial charge < -0.3 is 33.4 Å². The lowest BCUT2D eigenvalue weighted by Crippen LogP contribution is -2.32. The van der Waals surface area contributed by atoms with Crippen molar-refractivity contribution < 1.29 is 48.8 Å². The molecular weight excluding hydrogens is 1510 g/mol. The van der Waals surface area contributed by atoms with Crippen LogP contribution in [-0.2, 0) is 90.2 Å². The fraction of sp³-hybridized carbons (Fsp3) is 0.323. The van der Waals surface area contributed by atoms with Crippen molar-refractivity contribution in [2.75, 3.05) is 61.9 Å². The van der Waals surface area contributed by atoms with Crippen LogP contribution in [0.2, 0.25) is 0 Å². The van der Waals surface area contributed by atoms with E-state index in [9.17, 15) is 28.0 Å². The summed E-state index contributed by atoms with van der Waals surface area (Å²) in [5.41, 5.74) is 22.2. The molecule has 12 rings (SSSR count). The topological polar surface area (TPSA) is 302 Å². The first-order valence-electron chi connectivity index (χ1n) is 39.7. The largest absolute Gasteiger partial charge is 0.342 e. The molecule has 0 unspecified atom stereocenters. The van der Waals surface area contributed by atoms with Gasteiger partial charge in [0.15, 0.2) is 0 Å². The molecule has 9 N–H and O–H groups in total. The fourth-order valence-electron chi connectivity index (χ4n) is 14.9. The number of halogens is 2. The lowest BCUT2D eigenvalue weighted by molar-refractivity contribution is -0.124. The Balaban J connectivity index is 0.000000182. The molecule has 0 bridgehead atoms. The first-order chi connectivity index (χ1) is 56.8. The molecule has 0 aliphatic carbocycles. The van der Waals surface area contributed by atoms with E-state index in [4.69, 9.17) is 35.8 Å². The number of benzene rings is 7. The first-order valence-corrected chi connectivity index (χ1v) is 39.7. The van der Waals surface area contributed by atoms with Crippen LogP contribution >= 0.6 is 0 Å². The van der Waals surface area contributed by atoms with Crippen molar-refractivity contribution in [3.05, 3.63) is 280 Å². The molecule has 0 aliphatic heterocycles. The van der Waals surface area contributed by atoms with E-state index in [0.29, 0.717) is 0 Å². The molecule has 626 valence electrons. The van der Waals surface area contributed by atoms with Gasteiger partial charge >= 0.3 is 0 Å². The van der Waals surface area contributed by atoms with Gasteiger partial charge in [-0.1, -0.05) is 126 Å². The van der Waals surface area contributed by atoms with Gasteiger partial charge in [-0.25, -0.2) is 50.6 Å². The van der Waals surface area contributed by atoms with Gasteiger partial charge in [0.25, 0.3) is 23.6 Å². The molecule has 5 aromatic heterocycles. The number of pyridine rings is 1. The molecular formula is C93H112F2N16O8. The number of carbonyl (C=O) groups is 4. The molecule has 5 heterocycles. The summed E-state index contributed by atoms with van der Waals surface area (Å²) in [4.78, 5) is 78.4. The molecule has 0 radical (unpaired) electrons. The number of carbonyl (C=O) groups excluding carboxylic acids is 4. The van der Waals surface area contributed by atoms with E-state index in [2.05, 4.69) is 170 Å². The normalized spacial score (nSPS) is 12.0. The maximum Gasteiger partial charge on any atom is 0.267 e. The van der Waals surface area contributed by atoms with E-state index in [0.717, 1.165) is 198 Å². The van der Waals surface area contributed by atoms with Crippen molar-refractivity contribution in [1.82, 2.24) is 80.2 Å². The Morgan fingerprint density at radius 1 is 0.395 bits per heavy atom. The zero-order chi connectivity index (χ0) is 85.8. The molecule has 119 heavy (non-hydrogen) atoms. The van der Waals surface area contributed by atoms with E-state index in [1.165, 1.54) is 59.7 Å². The maximum absolute atomic E-state index is 13.3. The number of nitrogens with one attached hydrogen (secondary N) is 5. The lowest BCUT2D eigenvalue weighted by Gasteiger charge is -2.29. The first kappa shape index (κ1) is 90.9. The quantitative estimate of drug-likeness (QED) is 0.0105. The van der Waals surface area contributed by atoms with Crippen LogP contribution in [0, 0.1) is 27.9 Å². The van der Waals surface area contributed by atoms with Gasteiger partial charge in [0, 0.05) is 102 Å². The molecule has 12 aromatic rings. The fourth-order valence-corrected chi connectivity index (χ4v) is 14.9. The van der Waals surface area contributed by atoms with Gasteiger partial charge in [0.05, 0.1) is 44.1 Å². The predicted molar refractivity (Wildman–Crippen MR) is 466 cm³/mol. The van der Waals surface area contributed by atoms with Gasteiger partial charge in [-0.3, -0.25) is 45.0 Å². The second kappa shape index (κ2) is 43.4. The summed E-state index contributed by atoms with van der Waals surface area (Å²) in [6.07, 6.45) is 23.0. The number of hydrogen-bond donors (Lipinski definition) is 9. The van der Waals surface area contributed by atoms with Crippen LogP contribution in [0.1, 0.15) is 116 Å². The summed E-state index contributed by atoms with van der Waals surface area (Å²) >= 11 is 0. The summed E-state index contributed by atoms with van der Waals surface area (Å²) in [5.74, 6) is 1.21. The molecule has 26 heteroatoms. The SMILES string of the molecule is CN(C)CC(C)(C)Cn1c(CCCc2ccccc2)nc2cc(/C=C/C(=O)NO)ccc21.CN(C)CC(C)(C)Cn1c(CCc2ccc(F)cc2)nc2cc(/C=C/C(=O)NO)ccc21.CN(C)CC(C)(C)Cn1c(CCc2cccnc2)nc2cc(/C=C/C(=O)NO)ccc21.O=C(/C=C/c1ccc2nc(CCc3ccc(F)cc3)[nH]c2c1)NO. The van der Waals surface area contributed by atoms with Crippen molar-refractivity contribution in [2.45, 2.75) is 119 Å². The Morgan fingerprint density at radius 2 is 0.748 bits per heavy atom. The van der Waals surface area contributed by atoms with Crippen molar-refractivity contribution in [1.29, 1.82) is 0 Å². The number of nitrogens with zero attached hydrogens (tertiary/aromatic N) is 11. The van der Waals surface area contributed by atoms with Crippen LogP contribution in [0.25, 0.3) is 68.4 Å². The number of amides is 4. The molecule has 0 atom stereocenters. The minimum atomic E-state index is -0.584. The van der Waals surface area contributed by atoms with Crippen LogP contribution < -0.4 is 21.9 Å². The number of aromatic amines is 1. The number of hydrogen-bond acceptors (Lipinski definition) is 16. The summed E-state index contributed by atoms with van der Waals surface area (Å²) in [5, 5.41) is 34.5. The highest BCUT2D eigenvalue weighted by Crippen LogP contribution is 2.31. The highest BCUT2D eigenvalue weighted by molar-refractivity contribution is 5.94. The molecule has 0 fully saturated rings. The number of hydroxylamine groups is 4. The molecule has 7 aromatic carbocycles. The number of rotatable bonds is 33. The van der Waals surface area contributed by atoms with Crippen molar-refractivity contribution in [3.63, 3.8) is 0 Å². The van der Waals surface area contributed by atoms with Crippen molar-refractivity contribution in [3.8, 4) is 0 Å². The summed E-state index contributed by atoms with van der Waals surface area (Å²) < 4.78 is 33.1. The molecule has 0 saturated carbocycles. The summed E-state index contributed by atoms with van der Waals surface area (Å²) in [6, 6.07) is 51.2. The van der Waals surface area contributed by atoms with Crippen molar-refractivity contribution in [2.24, 2.45) is 16.2 Å². The van der Waals surface area contributed by atoms with E-state index in [1.54, 1.807) is 64.6 Å². The molecule has 24 nitrogen and oxygen atoms in total. The van der Waals surface area contributed by atoms with E-state index in [1.807, 2.05) is 91.1 Å². The van der Waals surface area contributed by atoms with E-state index < -0.39 is 23.6 Å². The smallest absolute Gasteiger partial charge is 0.267 e. The molecule has 0 spiro atoms. The second-order valence-electron chi connectivity index (χ2n) is 32.9. The third-order valence-corrected chi connectivity index (χ3v) is 19.4. The zero-order valence-electron chi connectivity index (χ0n) is 70.1. The maximum atomic E-state index is 13.3. The number of imidazole rings is 4. The number of fused-ring (bicyclic) bond motifs is 4. The zero-order valence-corrected chi connectivity index (χ0v) is 70.1. The average molecular weight is 1620 g/mol. The third-order valence-electron chi connectivity index (χ3n) is 19.4. The van der Waals surface area contributed by atoms with E-state index in [-0.39, 0.29) is 27.9 Å². The number of aromatic nitrogens is 9. The van der Waals surface area contributed by atoms with Gasteiger partial charge in [-0.2, -0.15) is 0 Å². The lowest BCUT2D eigenvalue weighted by atomic mass is 9.92. The van der Waals surface area contributed by atoms with Crippen LogP contribution in [0.3, 0.4) is 0 Å². The van der Waals surface area contributed by atoms with Crippen LogP contribution in [-0.4, -0.2) is 165 Å². The standard InChI is InChI=1S/C26H34N4O2.C25H31FN4O2.C24H31N5O2.C18H16FN3O2/c1-26(2,18-29(3)4)19-30-23-15-13-21(14-16-25(31)28-32)17-22(23)27-24(30)12-8-11-20-9-6-5-7-10-20;1-25(2,16-29(3)4)17-30-22-12-7-19(9-14-24(31)28-32)15-21(22)27-23(30)13-8-18-5-10-20(26)11-6-18;1-24(2,16-28(3)4)17-29-21-10-7-18(9-12-23(30)27-31)14-20(21)26-22(29)11-8-19-6-5-13-25-15-19;19-14-6-1-12(2-7-14)4-9-17-20-15-8-3-13(11-16(15)21-17)5-10-18(23)22-24/h5-7,9-10,13-17,32H,8,11-12,18-19H2,1-4H3,(H,28,31);5-7,9-12,14-15,32H,8,13,16-17H2,1-4H3,(H,28,31);5-7,9-10,12-15,31H,8,11,16-17H2,1-4H3,(H,27,30);1-3,5-8,10-11,24H,4,9H2,(H,20,21)(H,22,23)/b16-14+;14-9+;12-9+;10-5+. The monoisotopic (exact) mass is 1620 g/mol. The minimum Gasteiger partial charge on any atom is -0.342 e. The van der Waals surface area contributed by atoms with Gasteiger partial charge in [-0.15, -0.1) is 0 Å². The predicted octanol–water partition coefficient (Wildman–Crippen LogP) is 14.7. The van der Waals surface area contributed by atoms with Crippen LogP contribution in [0.5, 0.6) is 0 Å². The minimum absolute atomic E-state index is 0.0273. The van der Waals surface area contributed by atoms with Gasteiger partial charge in [-0.05, 0) is 238 Å². The second-order valence-corrected chi connectivity index (χ2v) is 32.9. The summed E-state index contributed by atoms with van der Waals surface area (Å²) in [6.45, 7) is 19.0. The van der Waals surface area contributed by atoms with Crippen molar-refractivity contribution >= 4 is 92.1 Å². The number of H-pyrrole nitrogens is 1. The Kier molecular flexibility index (Phi) is 33.2. The molecule has 0 saturated heterocycles. The molecule has 0 aliphatic rings. The highest BCUT2D eigenvalue weighted by Gasteiger charge is 2.27. The Morgan fingerprint density at radius 3 is 1.13 bits per heavy atom. The average Bonchev–Trinajstić information content (AvgIpc) is 1.65. The summed E-state index contributed by atoms with van der Waals surface area (Å²) in [7, 11) is 12.6. The van der Waals surface area contributed by atoms with E-state index >= 15 is 0 Å². The third kappa shape index (κ3) is 28.9. The van der Waals surface area contributed by atoms with Gasteiger partial charge in [0.1, 0.15) is 34.9 Å². The Labute approximate surface area is 694 Å². The highest BCUT2D eigenvalue weighted by atomic mass is 19.1. The molecule has 4 amide bonds. The number of aryl methyl sites for hydroxylation is 8. The Hall–Kier alpha value is -12.0. The van der Waals surface area contributed by atoms with Crippen LogP contribution in [0.15, 0.2) is 200 Å².